The van der Waals surface area contributed by atoms with E-state index in [-0.39, 0.29) is 17.0 Å². The fourth-order valence-corrected chi connectivity index (χ4v) is 4.23. The average molecular weight is 388 g/mol. The van der Waals surface area contributed by atoms with Crippen molar-refractivity contribution in [2.75, 3.05) is 7.05 Å². The van der Waals surface area contributed by atoms with Crippen LogP contribution in [0.4, 0.5) is 8.78 Å². The van der Waals surface area contributed by atoms with Gasteiger partial charge in [0.05, 0.1) is 5.69 Å². The predicted molar refractivity (Wildman–Crippen MR) is 94.1 cm³/mol. The Labute approximate surface area is 154 Å². The lowest BCUT2D eigenvalue weighted by atomic mass is 10.1. The summed E-state index contributed by atoms with van der Waals surface area (Å²) in [6, 6.07) is 9.32. The first-order chi connectivity index (χ1) is 12.9. The van der Waals surface area contributed by atoms with Gasteiger partial charge in [-0.05, 0) is 42.9 Å². The minimum absolute atomic E-state index is 0.00272. The molecule has 2 heterocycles. The van der Waals surface area contributed by atoms with Crippen LogP contribution in [0.25, 0.3) is 11.3 Å². The van der Waals surface area contributed by atoms with Gasteiger partial charge in [0.2, 0.25) is 0 Å². The molecule has 27 heavy (non-hydrogen) atoms. The van der Waals surface area contributed by atoms with E-state index in [9.17, 15) is 22.5 Å². The Hall–Kier alpha value is -3.09. The first kappa shape index (κ1) is 18.7. The number of nitrogens with zero attached hydrogens (tertiary/aromatic N) is 3. The average Bonchev–Trinajstić information content (AvgIpc) is 3.06. The van der Waals surface area contributed by atoms with Crippen molar-refractivity contribution in [1.29, 1.82) is 5.26 Å². The van der Waals surface area contributed by atoms with Gasteiger partial charge in [-0.1, -0.05) is 6.07 Å². The van der Waals surface area contributed by atoms with Crippen LogP contribution in [0.2, 0.25) is 0 Å². The highest BCUT2D eigenvalue weighted by Crippen LogP contribution is 2.30. The van der Waals surface area contributed by atoms with Crippen molar-refractivity contribution < 1.29 is 17.2 Å². The fraction of sp³-hybridized carbons (Fsp3) is 0.111. The van der Waals surface area contributed by atoms with Gasteiger partial charge in [0.25, 0.3) is 10.0 Å². The molecule has 0 atom stereocenters. The zero-order valence-corrected chi connectivity index (χ0v) is 15.0. The third-order valence-corrected chi connectivity index (χ3v) is 5.57. The second-order valence-electron chi connectivity index (χ2n) is 5.63. The summed E-state index contributed by atoms with van der Waals surface area (Å²) in [4.78, 5) is 2.87. The molecular formula is C18H14F2N4O2S. The van der Waals surface area contributed by atoms with Crippen LogP contribution in [-0.2, 0) is 16.6 Å². The van der Waals surface area contributed by atoms with E-state index in [4.69, 9.17) is 0 Å². The topological polar surface area (TPSA) is 87.8 Å². The molecule has 138 valence electrons. The van der Waals surface area contributed by atoms with Crippen LogP contribution in [0, 0.1) is 23.0 Å². The van der Waals surface area contributed by atoms with Gasteiger partial charge in [-0.2, -0.15) is 5.26 Å². The van der Waals surface area contributed by atoms with Gasteiger partial charge in [0.1, 0.15) is 23.4 Å². The molecule has 0 radical (unpaired) electrons. The Bertz CT molecular complexity index is 1130. The van der Waals surface area contributed by atoms with Crippen molar-refractivity contribution in [2.24, 2.45) is 0 Å². The molecule has 0 aliphatic heterocycles. The Morgan fingerprint density at radius 1 is 1.22 bits per heavy atom. The van der Waals surface area contributed by atoms with E-state index in [0.717, 1.165) is 22.2 Å². The number of nitrogens with one attached hydrogen (secondary N) is 1. The Kier molecular flexibility index (Phi) is 5.03. The van der Waals surface area contributed by atoms with Gasteiger partial charge in [0.15, 0.2) is 4.90 Å². The highest BCUT2D eigenvalue weighted by Gasteiger charge is 2.29. The normalized spacial score (nSPS) is 11.3. The van der Waals surface area contributed by atoms with Gasteiger partial charge in [-0.15, -0.1) is 0 Å². The highest BCUT2D eigenvalue weighted by atomic mass is 32.2. The van der Waals surface area contributed by atoms with Crippen LogP contribution < -0.4 is 5.32 Å². The van der Waals surface area contributed by atoms with Crippen molar-refractivity contribution in [3.63, 3.8) is 0 Å². The van der Waals surface area contributed by atoms with Crippen molar-refractivity contribution in [3.8, 4) is 17.3 Å². The SMILES string of the molecule is CNCc1cc(-c2cccnc2C#N)n(S(=O)(=O)c2c(F)cccc2F)c1. The van der Waals surface area contributed by atoms with Crippen LogP contribution >= 0.6 is 0 Å². The molecule has 0 bridgehead atoms. The lowest BCUT2D eigenvalue weighted by molar-refractivity contribution is 0.516. The van der Waals surface area contributed by atoms with E-state index >= 15 is 0 Å². The van der Waals surface area contributed by atoms with E-state index in [1.807, 2.05) is 6.07 Å². The van der Waals surface area contributed by atoms with Crippen molar-refractivity contribution in [3.05, 3.63) is 71.7 Å². The third-order valence-electron chi connectivity index (χ3n) is 3.85. The highest BCUT2D eigenvalue weighted by molar-refractivity contribution is 7.90. The maximum absolute atomic E-state index is 14.2. The molecule has 0 aliphatic rings. The molecule has 0 fully saturated rings. The Morgan fingerprint density at radius 2 is 1.93 bits per heavy atom. The van der Waals surface area contributed by atoms with Crippen LogP contribution in [0.15, 0.2) is 53.7 Å². The van der Waals surface area contributed by atoms with E-state index < -0.39 is 26.6 Å². The molecular weight excluding hydrogens is 374 g/mol. The van der Waals surface area contributed by atoms with Crippen molar-refractivity contribution >= 4 is 10.0 Å². The van der Waals surface area contributed by atoms with E-state index in [2.05, 4.69) is 10.3 Å². The van der Waals surface area contributed by atoms with E-state index in [0.29, 0.717) is 12.1 Å². The molecule has 2 aromatic heterocycles. The van der Waals surface area contributed by atoms with Gasteiger partial charge in [-0.25, -0.2) is 26.2 Å². The standard InChI is InChI=1S/C18H14F2N4O2S/c1-22-10-12-8-17(13-4-3-7-23-16(13)9-21)24(11-12)27(25,26)18-14(19)5-2-6-15(18)20/h2-8,11,22H,10H2,1H3. The minimum Gasteiger partial charge on any atom is -0.316 e. The molecule has 0 unspecified atom stereocenters. The van der Waals surface area contributed by atoms with Crippen LogP contribution in [0.5, 0.6) is 0 Å². The number of rotatable bonds is 5. The van der Waals surface area contributed by atoms with Gasteiger partial charge in [-0.3, -0.25) is 0 Å². The first-order valence-corrected chi connectivity index (χ1v) is 9.25. The summed E-state index contributed by atoms with van der Waals surface area (Å²) in [5, 5.41) is 12.2. The number of hydrogen-bond acceptors (Lipinski definition) is 5. The summed E-state index contributed by atoms with van der Waals surface area (Å²) in [7, 11) is -2.93. The molecule has 0 saturated carbocycles. The van der Waals surface area contributed by atoms with E-state index in [1.165, 1.54) is 24.5 Å². The smallest absolute Gasteiger partial charge is 0.274 e. The zero-order valence-electron chi connectivity index (χ0n) is 14.1. The predicted octanol–water partition coefficient (Wildman–Crippen LogP) is 2.66. The molecule has 0 saturated heterocycles. The number of halogens is 2. The number of benzene rings is 1. The molecule has 3 aromatic rings. The largest absolute Gasteiger partial charge is 0.316 e. The number of nitriles is 1. The van der Waals surface area contributed by atoms with Crippen LogP contribution in [0.1, 0.15) is 11.3 Å². The molecule has 0 aliphatic carbocycles. The number of pyridine rings is 1. The van der Waals surface area contributed by atoms with Gasteiger partial charge >= 0.3 is 0 Å². The first-order valence-electron chi connectivity index (χ1n) is 7.81. The number of hydrogen-bond donors (Lipinski definition) is 1. The molecule has 0 spiro atoms. The maximum atomic E-state index is 14.2. The summed E-state index contributed by atoms with van der Waals surface area (Å²) in [6.45, 7) is 0.317. The molecule has 1 N–H and O–H groups in total. The second kappa shape index (κ2) is 7.26. The zero-order chi connectivity index (χ0) is 19.6. The van der Waals surface area contributed by atoms with Gasteiger partial charge in [0, 0.05) is 24.5 Å². The lowest BCUT2D eigenvalue weighted by Crippen LogP contribution is -2.17. The molecule has 3 rings (SSSR count). The maximum Gasteiger partial charge on any atom is 0.274 e. The summed E-state index contributed by atoms with van der Waals surface area (Å²) in [5.74, 6) is -2.40. The van der Waals surface area contributed by atoms with E-state index in [1.54, 1.807) is 13.1 Å². The Morgan fingerprint density at radius 3 is 2.56 bits per heavy atom. The molecule has 0 amide bonds. The minimum atomic E-state index is -4.60. The summed E-state index contributed by atoms with van der Waals surface area (Å²) in [6.07, 6.45) is 2.66. The monoisotopic (exact) mass is 388 g/mol. The van der Waals surface area contributed by atoms with Crippen molar-refractivity contribution in [1.82, 2.24) is 14.3 Å². The van der Waals surface area contributed by atoms with Gasteiger partial charge < -0.3 is 5.32 Å². The Balaban J connectivity index is 2.32. The second-order valence-corrected chi connectivity index (χ2v) is 7.38. The lowest BCUT2D eigenvalue weighted by Gasteiger charge is -2.12. The van der Waals surface area contributed by atoms with Crippen molar-refractivity contribution in [2.45, 2.75) is 11.4 Å². The quantitative estimate of drug-likeness (QED) is 0.726. The van der Waals surface area contributed by atoms with Crippen LogP contribution in [0.3, 0.4) is 0 Å². The summed E-state index contributed by atoms with van der Waals surface area (Å²) < 4.78 is 55.2. The number of aromatic nitrogens is 2. The molecule has 1 aromatic carbocycles. The third kappa shape index (κ3) is 3.32. The summed E-state index contributed by atoms with van der Waals surface area (Å²) in [5.41, 5.74) is 0.882. The molecule has 6 nitrogen and oxygen atoms in total. The summed E-state index contributed by atoms with van der Waals surface area (Å²) >= 11 is 0. The van der Waals surface area contributed by atoms with Crippen LogP contribution in [-0.4, -0.2) is 24.4 Å². The molecule has 9 heteroatoms. The fourth-order valence-electron chi connectivity index (χ4n) is 2.72.